The summed E-state index contributed by atoms with van der Waals surface area (Å²) in [5.74, 6) is 1.38. The molecule has 1 amide bonds. The maximum atomic E-state index is 12.6. The second kappa shape index (κ2) is 11.7. The van der Waals surface area contributed by atoms with E-state index in [-0.39, 0.29) is 18.3 Å². The average molecular weight is 540 g/mol. The van der Waals surface area contributed by atoms with Gasteiger partial charge in [-0.15, -0.1) is 28.1 Å². The van der Waals surface area contributed by atoms with Crippen molar-refractivity contribution in [1.29, 1.82) is 0 Å². The van der Waals surface area contributed by atoms with E-state index in [1.807, 2.05) is 35.1 Å². The fourth-order valence-corrected chi connectivity index (χ4v) is 5.14. The zero-order valence-corrected chi connectivity index (χ0v) is 22.6. The van der Waals surface area contributed by atoms with Crippen molar-refractivity contribution in [2.75, 3.05) is 11.1 Å². The third-order valence-electron chi connectivity index (χ3n) is 5.48. The molecular weight excluding hydrogens is 514 g/mol. The number of hydrogen-bond acceptors (Lipinski definition) is 7. The summed E-state index contributed by atoms with van der Waals surface area (Å²) < 4.78 is 7.81. The number of halogens is 1. The highest BCUT2D eigenvalue weighted by Crippen LogP contribution is 2.27. The number of carbonyl (C=O) groups excluding carboxylic acids is 1. The van der Waals surface area contributed by atoms with Gasteiger partial charge < -0.3 is 10.1 Å². The molecule has 0 spiro atoms. The fourth-order valence-electron chi connectivity index (χ4n) is 3.41. The zero-order chi connectivity index (χ0) is 25.7. The Labute approximate surface area is 223 Å². The van der Waals surface area contributed by atoms with Crippen molar-refractivity contribution < 1.29 is 9.53 Å². The smallest absolute Gasteiger partial charge is 0.236 e. The van der Waals surface area contributed by atoms with Crippen molar-refractivity contribution in [2.24, 2.45) is 0 Å². The van der Waals surface area contributed by atoms with Crippen LogP contribution in [0.1, 0.15) is 22.5 Å². The highest BCUT2D eigenvalue weighted by molar-refractivity contribution is 7.99. The van der Waals surface area contributed by atoms with Gasteiger partial charge in [-0.3, -0.25) is 9.36 Å². The molecule has 2 heterocycles. The summed E-state index contributed by atoms with van der Waals surface area (Å²) in [5, 5.41) is 15.2. The first kappa shape index (κ1) is 25.9. The molecule has 4 rings (SSSR count). The van der Waals surface area contributed by atoms with Gasteiger partial charge in [-0.2, -0.15) is 0 Å². The molecule has 2 aromatic heterocycles. The molecule has 0 unspecified atom stereocenters. The number of hydrogen-bond donors (Lipinski definition) is 1. The summed E-state index contributed by atoms with van der Waals surface area (Å²) in [7, 11) is 0. The molecule has 0 fully saturated rings. The van der Waals surface area contributed by atoms with Crippen molar-refractivity contribution in [3.05, 3.63) is 82.0 Å². The van der Waals surface area contributed by atoms with Crippen molar-refractivity contribution in [1.82, 2.24) is 19.7 Å². The van der Waals surface area contributed by atoms with Gasteiger partial charge in [0.15, 0.2) is 16.1 Å². The number of benzene rings is 2. The topological polar surface area (TPSA) is 81.9 Å². The van der Waals surface area contributed by atoms with Gasteiger partial charge in [0.1, 0.15) is 12.4 Å². The molecule has 0 saturated heterocycles. The van der Waals surface area contributed by atoms with E-state index in [4.69, 9.17) is 16.3 Å². The molecule has 0 aliphatic carbocycles. The number of aryl methyl sites for hydroxylation is 3. The molecule has 0 radical (unpaired) electrons. The summed E-state index contributed by atoms with van der Waals surface area (Å²) >= 11 is 8.73. The second-order valence-electron chi connectivity index (χ2n) is 8.17. The number of nitrogens with zero attached hydrogens (tertiary/aromatic N) is 4. The highest BCUT2D eigenvalue weighted by atomic mass is 35.5. The SMILES string of the molecule is C=CCn1c(COc2ccc(Cl)cc2C)nnc1SCC(=O)Nc1nc(-c2ccc(C)c(C)c2)cs1. The van der Waals surface area contributed by atoms with Crippen LogP contribution < -0.4 is 10.1 Å². The minimum absolute atomic E-state index is 0.163. The quantitative estimate of drug-likeness (QED) is 0.183. The number of anilines is 1. The fraction of sp³-hybridized carbons (Fsp3) is 0.231. The lowest BCUT2D eigenvalue weighted by Gasteiger charge is -2.11. The van der Waals surface area contributed by atoms with Crippen LogP contribution in [0.25, 0.3) is 11.3 Å². The monoisotopic (exact) mass is 539 g/mol. The summed E-state index contributed by atoms with van der Waals surface area (Å²) in [6.07, 6.45) is 1.76. The van der Waals surface area contributed by atoms with Crippen molar-refractivity contribution >= 4 is 45.7 Å². The number of thiazole rings is 1. The normalized spacial score (nSPS) is 10.9. The Morgan fingerprint density at radius 3 is 2.75 bits per heavy atom. The summed E-state index contributed by atoms with van der Waals surface area (Å²) in [6.45, 7) is 10.6. The average Bonchev–Trinajstić information content (AvgIpc) is 3.46. The first-order valence-electron chi connectivity index (χ1n) is 11.2. The van der Waals surface area contributed by atoms with Crippen molar-refractivity contribution in [3.63, 3.8) is 0 Å². The van der Waals surface area contributed by atoms with Crippen LogP contribution in [0.15, 0.2) is 59.6 Å². The van der Waals surface area contributed by atoms with Crippen LogP contribution in [0.3, 0.4) is 0 Å². The van der Waals surface area contributed by atoms with Gasteiger partial charge in [0, 0.05) is 22.5 Å². The Morgan fingerprint density at radius 2 is 2.00 bits per heavy atom. The largest absolute Gasteiger partial charge is 0.485 e. The number of ether oxygens (including phenoxy) is 1. The molecule has 0 aliphatic heterocycles. The maximum Gasteiger partial charge on any atom is 0.236 e. The Kier molecular flexibility index (Phi) is 8.45. The third-order valence-corrected chi connectivity index (χ3v) is 7.44. The number of nitrogens with one attached hydrogen (secondary N) is 1. The Hall–Kier alpha value is -3.14. The number of allylic oxidation sites excluding steroid dienone is 1. The van der Waals surface area contributed by atoms with E-state index in [2.05, 4.69) is 53.1 Å². The highest BCUT2D eigenvalue weighted by Gasteiger charge is 2.16. The minimum Gasteiger partial charge on any atom is -0.485 e. The van der Waals surface area contributed by atoms with Crippen molar-refractivity contribution in [2.45, 2.75) is 39.1 Å². The van der Waals surface area contributed by atoms with Gasteiger partial charge >= 0.3 is 0 Å². The molecule has 4 aromatic rings. The van der Waals surface area contributed by atoms with Crippen LogP contribution in [0.2, 0.25) is 5.02 Å². The predicted molar refractivity (Wildman–Crippen MR) is 147 cm³/mol. The molecule has 186 valence electrons. The molecule has 0 bridgehead atoms. The summed E-state index contributed by atoms with van der Waals surface area (Å²) in [4.78, 5) is 17.2. The van der Waals surface area contributed by atoms with E-state index in [9.17, 15) is 4.79 Å². The van der Waals surface area contributed by atoms with E-state index in [0.717, 1.165) is 22.6 Å². The molecule has 0 atom stereocenters. The molecule has 1 N–H and O–H groups in total. The van der Waals surface area contributed by atoms with Crippen LogP contribution >= 0.6 is 34.7 Å². The van der Waals surface area contributed by atoms with Crippen LogP contribution in [-0.2, 0) is 17.9 Å². The molecule has 7 nitrogen and oxygen atoms in total. The molecule has 36 heavy (non-hydrogen) atoms. The van der Waals surface area contributed by atoms with Crippen LogP contribution in [-0.4, -0.2) is 31.4 Å². The Morgan fingerprint density at radius 1 is 1.17 bits per heavy atom. The van der Waals surface area contributed by atoms with Gasteiger partial charge in [-0.1, -0.05) is 41.6 Å². The molecule has 2 aromatic carbocycles. The van der Waals surface area contributed by atoms with Gasteiger partial charge in [-0.05, 0) is 61.7 Å². The number of thioether (sulfide) groups is 1. The van der Waals surface area contributed by atoms with Crippen molar-refractivity contribution in [3.8, 4) is 17.0 Å². The zero-order valence-electron chi connectivity index (χ0n) is 20.2. The lowest BCUT2D eigenvalue weighted by atomic mass is 10.1. The molecular formula is C26H26ClN5O2S2. The van der Waals surface area contributed by atoms with Crippen LogP contribution in [0.5, 0.6) is 5.75 Å². The van der Waals surface area contributed by atoms with E-state index in [1.54, 1.807) is 12.1 Å². The van der Waals surface area contributed by atoms with Gasteiger partial charge in [0.25, 0.3) is 0 Å². The Bertz CT molecular complexity index is 1400. The maximum absolute atomic E-state index is 12.6. The van der Waals surface area contributed by atoms with E-state index in [0.29, 0.717) is 27.7 Å². The van der Waals surface area contributed by atoms with Crippen LogP contribution in [0, 0.1) is 20.8 Å². The number of rotatable bonds is 10. The first-order valence-corrected chi connectivity index (χ1v) is 13.5. The number of aromatic nitrogens is 4. The lowest BCUT2D eigenvalue weighted by Crippen LogP contribution is -2.15. The van der Waals surface area contributed by atoms with Gasteiger partial charge in [0.2, 0.25) is 5.91 Å². The lowest BCUT2D eigenvalue weighted by molar-refractivity contribution is -0.113. The van der Waals surface area contributed by atoms with Gasteiger partial charge in [0.05, 0.1) is 11.4 Å². The standard InChI is InChI=1S/C26H26ClN5O2S2/c1-5-10-32-23(13-34-22-9-8-20(27)12-18(22)4)30-31-26(32)36-15-24(33)29-25-28-21(14-35-25)19-7-6-16(2)17(3)11-19/h5-9,11-12,14H,1,10,13,15H2,2-4H3,(H,28,29,33). The first-order chi connectivity index (χ1) is 17.3. The van der Waals surface area contributed by atoms with Gasteiger partial charge in [-0.25, -0.2) is 4.98 Å². The summed E-state index contributed by atoms with van der Waals surface area (Å²) in [5.41, 5.74) is 5.26. The molecule has 0 saturated carbocycles. The van der Waals surface area contributed by atoms with E-state index >= 15 is 0 Å². The number of carbonyl (C=O) groups is 1. The summed E-state index contributed by atoms with van der Waals surface area (Å²) in [6, 6.07) is 11.7. The Balaban J connectivity index is 1.36. The van der Waals surface area contributed by atoms with E-state index in [1.165, 1.54) is 34.2 Å². The van der Waals surface area contributed by atoms with E-state index < -0.39 is 0 Å². The minimum atomic E-state index is -0.163. The third kappa shape index (κ3) is 6.34. The predicted octanol–water partition coefficient (Wildman–Crippen LogP) is 6.48. The molecule has 10 heteroatoms. The number of amides is 1. The van der Waals surface area contributed by atoms with Crippen LogP contribution in [0.4, 0.5) is 5.13 Å². The second-order valence-corrected chi connectivity index (χ2v) is 10.4. The molecule has 0 aliphatic rings.